The first-order valence-electron chi connectivity index (χ1n) is 13.3. The van der Waals surface area contributed by atoms with E-state index in [0.717, 1.165) is 36.8 Å². The molecule has 0 aliphatic rings. The summed E-state index contributed by atoms with van der Waals surface area (Å²) < 4.78 is 0. The number of hydrogen-bond donors (Lipinski definition) is 2. The van der Waals surface area contributed by atoms with E-state index in [1.54, 1.807) is 0 Å². The van der Waals surface area contributed by atoms with Crippen LogP contribution in [-0.2, 0) is 22.7 Å². The van der Waals surface area contributed by atoms with E-state index in [2.05, 4.69) is 24.5 Å². The van der Waals surface area contributed by atoms with E-state index >= 15 is 0 Å². The Kier molecular flexibility index (Phi) is 17.5. The molecule has 0 heterocycles. The van der Waals surface area contributed by atoms with Crippen molar-refractivity contribution in [3.63, 3.8) is 0 Å². The molecule has 0 aromatic heterocycles. The number of benzene rings is 1. The fourth-order valence-corrected chi connectivity index (χ4v) is 3.84. The summed E-state index contributed by atoms with van der Waals surface area (Å²) in [5.41, 5.74) is 2.19. The van der Waals surface area contributed by atoms with Gasteiger partial charge in [-0.15, -0.1) is 0 Å². The molecule has 4 heteroatoms. The summed E-state index contributed by atoms with van der Waals surface area (Å²) in [4.78, 5) is 24.0. The smallest absolute Gasteiger partial charge is 0.220 e. The highest BCUT2D eigenvalue weighted by Crippen LogP contribution is 2.10. The molecule has 0 bridgehead atoms. The fourth-order valence-electron chi connectivity index (χ4n) is 3.84. The normalized spacial score (nSPS) is 10.8. The largest absolute Gasteiger partial charge is 0.352 e. The van der Waals surface area contributed by atoms with Crippen molar-refractivity contribution in [1.82, 2.24) is 10.6 Å². The van der Waals surface area contributed by atoms with Crippen molar-refractivity contribution in [2.24, 2.45) is 0 Å². The van der Waals surface area contributed by atoms with Crippen molar-refractivity contribution in [3.05, 3.63) is 35.4 Å². The van der Waals surface area contributed by atoms with Gasteiger partial charge in [0.2, 0.25) is 11.8 Å². The number of amides is 2. The third kappa shape index (κ3) is 15.9. The number of nitrogens with one attached hydrogen (secondary N) is 2. The van der Waals surface area contributed by atoms with Gasteiger partial charge in [-0.05, 0) is 24.0 Å². The molecule has 0 radical (unpaired) electrons. The second-order valence-corrected chi connectivity index (χ2v) is 9.11. The minimum Gasteiger partial charge on any atom is -0.352 e. The highest BCUT2D eigenvalue weighted by molar-refractivity contribution is 5.76. The Morgan fingerprint density at radius 2 is 0.844 bits per heavy atom. The number of carbonyl (C=O) groups excluding carboxylic acids is 2. The topological polar surface area (TPSA) is 58.2 Å². The van der Waals surface area contributed by atoms with Crippen LogP contribution in [0, 0.1) is 0 Å². The maximum absolute atomic E-state index is 12.0. The lowest BCUT2D eigenvalue weighted by Gasteiger charge is -2.08. The summed E-state index contributed by atoms with van der Waals surface area (Å²) in [7, 11) is 0. The number of rotatable bonds is 20. The molecule has 0 saturated carbocycles. The average Bonchev–Trinajstić information content (AvgIpc) is 2.81. The first kappa shape index (κ1) is 28.2. The van der Waals surface area contributed by atoms with Gasteiger partial charge in [0.1, 0.15) is 0 Å². The molecule has 0 atom stereocenters. The molecule has 0 spiro atoms. The van der Waals surface area contributed by atoms with Crippen LogP contribution in [0.1, 0.15) is 128 Å². The van der Waals surface area contributed by atoms with Gasteiger partial charge >= 0.3 is 0 Å². The third-order valence-corrected chi connectivity index (χ3v) is 6.02. The zero-order valence-electron chi connectivity index (χ0n) is 20.9. The lowest BCUT2D eigenvalue weighted by atomic mass is 10.1. The van der Waals surface area contributed by atoms with Crippen LogP contribution in [0.15, 0.2) is 24.3 Å². The van der Waals surface area contributed by atoms with Gasteiger partial charge in [0.25, 0.3) is 0 Å². The first-order chi connectivity index (χ1) is 15.7. The van der Waals surface area contributed by atoms with E-state index in [4.69, 9.17) is 0 Å². The lowest BCUT2D eigenvalue weighted by molar-refractivity contribution is -0.122. The van der Waals surface area contributed by atoms with Crippen LogP contribution in [0.5, 0.6) is 0 Å². The van der Waals surface area contributed by atoms with Crippen molar-refractivity contribution in [2.75, 3.05) is 0 Å². The van der Waals surface area contributed by atoms with Gasteiger partial charge in [0, 0.05) is 25.9 Å². The molecule has 2 amide bonds. The van der Waals surface area contributed by atoms with Gasteiger partial charge in [-0.3, -0.25) is 9.59 Å². The highest BCUT2D eigenvalue weighted by atomic mass is 16.2. The second kappa shape index (κ2) is 19.8. The van der Waals surface area contributed by atoms with Crippen molar-refractivity contribution in [1.29, 1.82) is 0 Å². The standard InChI is InChI=1S/C28H48N2O2/c1-3-5-7-9-11-13-15-17-27(31)29-23-25-19-21-26(22-20-25)24-30-28(32)18-16-14-12-10-8-6-4-2/h19-22H,3-18,23-24H2,1-2H3,(H,29,31)(H,30,32). The van der Waals surface area contributed by atoms with E-state index in [9.17, 15) is 9.59 Å². The molecular formula is C28H48N2O2. The third-order valence-electron chi connectivity index (χ3n) is 6.02. The number of unbranched alkanes of at least 4 members (excludes halogenated alkanes) is 12. The van der Waals surface area contributed by atoms with Crippen molar-refractivity contribution in [2.45, 2.75) is 130 Å². The van der Waals surface area contributed by atoms with E-state index in [0.29, 0.717) is 25.9 Å². The van der Waals surface area contributed by atoms with Crippen molar-refractivity contribution < 1.29 is 9.59 Å². The average molecular weight is 445 g/mol. The quantitative estimate of drug-likeness (QED) is 0.209. The molecule has 182 valence electrons. The van der Waals surface area contributed by atoms with Gasteiger partial charge in [0.05, 0.1) is 0 Å². The van der Waals surface area contributed by atoms with Crippen molar-refractivity contribution in [3.8, 4) is 0 Å². The molecule has 0 fully saturated rings. The van der Waals surface area contributed by atoms with Crippen LogP contribution in [0.25, 0.3) is 0 Å². The van der Waals surface area contributed by atoms with Crippen LogP contribution in [0.2, 0.25) is 0 Å². The van der Waals surface area contributed by atoms with E-state index in [1.807, 2.05) is 24.3 Å². The van der Waals surface area contributed by atoms with E-state index < -0.39 is 0 Å². The summed E-state index contributed by atoms with van der Waals surface area (Å²) in [5.74, 6) is 0.278. The highest BCUT2D eigenvalue weighted by Gasteiger charge is 2.04. The summed E-state index contributed by atoms with van der Waals surface area (Å²) in [6, 6.07) is 8.13. The molecule has 32 heavy (non-hydrogen) atoms. The van der Waals surface area contributed by atoms with Crippen LogP contribution in [0.3, 0.4) is 0 Å². The summed E-state index contributed by atoms with van der Waals surface area (Å²) in [6.07, 6.45) is 18.4. The lowest BCUT2D eigenvalue weighted by Crippen LogP contribution is -2.23. The Morgan fingerprint density at radius 3 is 1.19 bits per heavy atom. The Balaban J connectivity index is 2.08. The second-order valence-electron chi connectivity index (χ2n) is 9.11. The van der Waals surface area contributed by atoms with Gasteiger partial charge in [-0.1, -0.05) is 115 Å². The van der Waals surface area contributed by atoms with Gasteiger partial charge < -0.3 is 10.6 Å². The molecular weight excluding hydrogens is 396 g/mol. The summed E-state index contributed by atoms with van der Waals surface area (Å²) in [5, 5.41) is 6.03. The van der Waals surface area contributed by atoms with E-state index in [1.165, 1.54) is 64.2 Å². The maximum Gasteiger partial charge on any atom is 0.220 e. The van der Waals surface area contributed by atoms with Crippen LogP contribution in [0.4, 0.5) is 0 Å². The SMILES string of the molecule is CCCCCCCCCC(=O)NCc1ccc(CNC(=O)CCCCCCCCC)cc1. The molecule has 4 nitrogen and oxygen atoms in total. The molecule has 0 aliphatic carbocycles. The first-order valence-corrected chi connectivity index (χ1v) is 13.3. The van der Waals surface area contributed by atoms with E-state index in [-0.39, 0.29) is 11.8 Å². The van der Waals surface area contributed by atoms with Gasteiger partial charge in [-0.25, -0.2) is 0 Å². The molecule has 1 aromatic carbocycles. The Hall–Kier alpha value is -1.84. The minimum absolute atomic E-state index is 0.139. The monoisotopic (exact) mass is 444 g/mol. The Labute approximate surface area is 197 Å². The van der Waals surface area contributed by atoms with Crippen LogP contribution >= 0.6 is 0 Å². The summed E-state index contributed by atoms with van der Waals surface area (Å²) in [6.45, 7) is 5.60. The Morgan fingerprint density at radius 1 is 0.531 bits per heavy atom. The van der Waals surface area contributed by atoms with Crippen LogP contribution < -0.4 is 10.6 Å². The zero-order chi connectivity index (χ0) is 23.3. The molecule has 0 aliphatic heterocycles. The predicted molar refractivity (Wildman–Crippen MR) is 135 cm³/mol. The number of carbonyl (C=O) groups is 2. The molecule has 0 saturated heterocycles. The van der Waals surface area contributed by atoms with Gasteiger partial charge in [0.15, 0.2) is 0 Å². The summed E-state index contributed by atoms with van der Waals surface area (Å²) >= 11 is 0. The molecule has 2 N–H and O–H groups in total. The zero-order valence-corrected chi connectivity index (χ0v) is 20.9. The number of hydrogen-bond acceptors (Lipinski definition) is 2. The Bertz CT molecular complexity index is 545. The van der Waals surface area contributed by atoms with Gasteiger partial charge in [-0.2, -0.15) is 0 Å². The fraction of sp³-hybridized carbons (Fsp3) is 0.714. The molecule has 0 unspecified atom stereocenters. The molecule has 1 aromatic rings. The minimum atomic E-state index is 0.139. The molecule has 1 rings (SSSR count). The predicted octanol–water partition coefficient (Wildman–Crippen LogP) is 7.20. The van der Waals surface area contributed by atoms with Crippen molar-refractivity contribution >= 4 is 11.8 Å². The maximum atomic E-state index is 12.0. The van der Waals surface area contributed by atoms with Crippen LogP contribution in [-0.4, -0.2) is 11.8 Å².